The average molecular weight is 177 g/mol. The molecule has 0 amide bonds. The van der Waals surface area contributed by atoms with Crippen LogP contribution in [-0.4, -0.2) is 37.1 Å². The van der Waals surface area contributed by atoms with Crippen molar-refractivity contribution in [1.82, 2.24) is 10.2 Å². The highest BCUT2D eigenvalue weighted by molar-refractivity contribution is 5.85. The van der Waals surface area contributed by atoms with Gasteiger partial charge in [-0.25, -0.2) is 0 Å². The monoisotopic (exact) mass is 176 g/mol. The van der Waals surface area contributed by atoms with Crippen molar-refractivity contribution in [3.05, 3.63) is 0 Å². The largest absolute Gasteiger partial charge is 0.314 e. The van der Waals surface area contributed by atoms with Crippen LogP contribution in [0.5, 0.6) is 0 Å². The van der Waals surface area contributed by atoms with Crippen LogP contribution in [-0.2, 0) is 0 Å². The third kappa shape index (κ3) is 2.08. The number of nitrogens with zero attached hydrogens (tertiary/aromatic N) is 1. The smallest absolute Gasteiger partial charge is 0.0221 e. The maximum absolute atomic E-state index is 3.44. The van der Waals surface area contributed by atoms with Crippen molar-refractivity contribution in [2.45, 2.75) is 25.3 Å². The number of piperazine rings is 1. The summed E-state index contributed by atoms with van der Waals surface area (Å²) in [5, 5.41) is 3.44. The molecule has 2 rings (SSSR count). The predicted molar refractivity (Wildman–Crippen MR) is 49.3 cm³/mol. The molecule has 1 atom stereocenters. The lowest BCUT2D eigenvalue weighted by molar-refractivity contribution is 0.121. The van der Waals surface area contributed by atoms with Gasteiger partial charge in [0, 0.05) is 25.7 Å². The fraction of sp³-hybridized carbons (Fsp3) is 1.00. The lowest BCUT2D eigenvalue weighted by Gasteiger charge is -2.39. The van der Waals surface area contributed by atoms with E-state index in [1.165, 1.54) is 45.4 Å². The molecule has 0 aromatic rings. The zero-order chi connectivity index (χ0) is 6.81. The summed E-state index contributed by atoms with van der Waals surface area (Å²) in [5.74, 6) is 0. The topological polar surface area (TPSA) is 15.3 Å². The minimum Gasteiger partial charge on any atom is -0.314 e. The molecule has 0 spiro atoms. The van der Waals surface area contributed by atoms with E-state index in [1.807, 2.05) is 0 Å². The van der Waals surface area contributed by atoms with Gasteiger partial charge in [0.25, 0.3) is 0 Å². The summed E-state index contributed by atoms with van der Waals surface area (Å²) in [5.41, 5.74) is 0. The van der Waals surface area contributed by atoms with Crippen LogP contribution in [0, 0.1) is 0 Å². The Labute approximate surface area is 74.7 Å². The minimum absolute atomic E-state index is 0. The maximum atomic E-state index is 3.44. The average Bonchev–Trinajstić information content (AvgIpc) is 2.05. The molecular formula is C8H17ClN2. The number of halogens is 1. The second kappa shape index (κ2) is 4.29. The molecule has 0 aromatic heterocycles. The van der Waals surface area contributed by atoms with Gasteiger partial charge in [0.15, 0.2) is 0 Å². The molecule has 1 N–H and O–H groups in total. The van der Waals surface area contributed by atoms with Crippen molar-refractivity contribution in [2.75, 3.05) is 26.2 Å². The lowest BCUT2D eigenvalue weighted by atomic mass is 10.0. The fourth-order valence-corrected chi connectivity index (χ4v) is 2.08. The van der Waals surface area contributed by atoms with Gasteiger partial charge in [0.1, 0.15) is 0 Å². The van der Waals surface area contributed by atoms with Crippen LogP contribution < -0.4 is 5.32 Å². The Balaban J connectivity index is 0.000000605. The molecule has 2 aliphatic heterocycles. The molecule has 0 aliphatic carbocycles. The van der Waals surface area contributed by atoms with Gasteiger partial charge in [0.2, 0.25) is 0 Å². The Bertz CT molecular complexity index is 92.7. The summed E-state index contributed by atoms with van der Waals surface area (Å²) < 4.78 is 0. The highest BCUT2D eigenvalue weighted by Gasteiger charge is 2.23. The number of hydrogen-bond donors (Lipinski definition) is 1. The molecule has 2 fully saturated rings. The van der Waals surface area contributed by atoms with Crippen molar-refractivity contribution >= 4 is 12.4 Å². The number of fused-ring (bicyclic) bond motifs is 1. The molecule has 2 aliphatic rings. The Hall–Kier alpha value is 0.210. The van der Waals surface area contributed by atoms with Crippen LogP contribution in [0.2, 0.25) is 0 Å². The van der Waals surface area contributed by atoms with E-state index in [9.17, 15) is 0 Å². The van der Waals surface area contributed by atoms with Crippen LogP contribution in [0.25, 0.3) is 0 Å². The number of hydrogen-bond acceptors (Lipinski definition) is 2. The Morgan fingerprint density at radius 3 is 2.91 bits per heavy atom. The van der Waals surface area contributed by atoms with Gasteiger partial charge in [0.05, 0.1) is 0 Å². The van der Waals surface area contributed by atoms with Gasteiger partial charge in [-0.2, -0.15) is 0 Å². The second-order valence-electron chi connectivity index (χ2n) is 3.39. The van der Waals surface area contributed by atoms with E-state index in [1.54, 1.807) is 0 Å². The third-order valence-electron chi connectivity index (χ3n) is 2.70. The molecule has 2 nitrogen and oxygen atoms in total. The molecule has 0 radical (unpaired) electrons. The normalized spacial score (nSPS) is 32.2. The lowest BCUT2D eigenvalue weighted by Crippen LogP contribution is -2.53. The summed E-state index contributed by atoms with van der Waals surface area (Å²) in [6.45, 7) is 5.08. The molecule has 66 valence electrons. The fourth-order valence-electron chi connectivity index (χ4n) is 2.08. The van der Waals surface area contributed by atoms with Gasteiger partial charge in [-0.15, -0.1) is 12.4 Å². The van der Waals surface area contributed by atoms with Crippen LogP contribution in [0.3, 0.4) is 0 Å². The van der Waals surface area contributed by atoms with E-state index in [4.69, 9.17) is 0 Å². The molecule has 3 heteroatoms. The van der Waals surface area contributed by atoms with Crippen molar-refractivity contribution in [3.8, 4) is 0 Å². The minimum atomic E-state index is 0. The number of nitrogens with one attached hydrogen (secondary N) is 1. The quantitative estimate of drug-likeness (QED) is 0.589. The first-order valence-electron chi connectivity index (χ1n) is 4.41. The van der Waals surface area contributed by atoms with Crippen molar-refractivity contribution in [2.24, 2.45) is 0 Å². The first-order valence-corrected chi connectivity index (χ1v) is 4.41. The summed E-state index contributed by atoms with van der Waals surface area (Å²) in [6, 6.07) is 0.877. The highest BCUT2D eigenvalue weighted by Crippen LogP contribution is 2.17. The molecule has 1 unspecified atom stereocenters. The van der Waals surface area contributed by atoms with Gasteiger partial charge >= 0.3 is 0 Å². The summed E-state index contributed by atoms with van der Waals surface area (Å²) in [4.78, 5) is 2.64. The van der Waals surface area contributed by atoms with Crippen molar-refractivity contribution < 1.29 is 0 Å². The molecule has 2 heterocycles. The van der Waals surface area contributed by atoms with Gasteiger partial charge in [-0.3, -0.25) is 4.90 Å². The van der Waals surface area contributed by atoms with E-state index in [-0.39, 0.29) is 12.4 Å². The SMILES string of the molecule is C1CCN2CCNCC2C1.Cl. The number of piperidine rings is 1. The van der Waals surface area contributed by atoms with Crippen LogP contribution in [0.15, 0.2) is 0 Å². The molecule has 2 saturated heterocycles. The van der Waals surface area contributed by atoms with Crippen molar-refractivity contribution in [3.63, 3.8) is 0 Å². The van der Waals surface area contributed by atoms with Crippen molar-refractivity contribution in [1.29, 1.82) is 0 Å². The van der Waals surface area contributed by atoms with E-state index in [0.29, 0.717) is 0 Å². The van der Waals surface area contributed by atoms with Gasteiger partial charge in [-0.05, 0) is 19.4 Å². The predicted octanol–water partition coefficient (Wildman–Crippen LogP) is 0.866. The van der Waals surface area contributed by atoms with E-state index in [2.05, 4.69) is 10.2 Å². The zero-order valence-electron chi connectivity index (χ0n) is 6.88. The Morgan fingerprint density at radius 1 is 1.18 bits per heavy atom. The second-order valence-corrected chi connectivity index (χ2v) is 3.39. The molecule has 0 saturated carbocycles. The van der Waals surface area contributed by atoms with Crippen LogP contribution in [0.4, 0.5) is 0 Å². The van der Waals surface area contributed by atoms with Gasteiger partial charge in [-0.1, -0.05) is 6.42 Å². The van der Waals surface area contributed by atoms with Crippen LogP contribution in [0.1, 0.15) is 19.3 Å². The first kappa shape index (κ1) is 9.30. The first-order chi connectivity index (χ1) is 4.97. The summed E-state index contributed by atoms with van der Waals surface area (Å²) in [6.07, 6.45) is 4.30. The zero-order valence-corrected chi connectivity index (χ0v) is 7.70. The van der Waals surface area contributed by atoms with Gasteiger partial charge < -0.3 is 5.32 Å². The highest BCUT2D eigenvalue weighted by atomic mass is 35.5. The summed E-state index contributed by atoms with van der Waals surface area (Å²) >= 11 is 0. The van der Waals surface area contributed by atoms with Crippen LogP contribution >= 0.6 is 12.4 Å². The number of rotatable bonds is 0. The molecule has 11 heavy (non-hydrogen) atoms. The Kier molecular flexibility index (Phi) is 3.63. The van der Waals surface area contributed by atoms with E-state index >= 15 is 0 Å². The van der Waals surface area contributed by atoms with E-state index in [0.717, 1.165) is 6.04 Å². The molecule has 0 aromatic carbocycles. The maximum Gasteiger partial charge on any atom is 0.0221 e. The molecule has 0 bridgehead atoms. The summed E-state index contributed by atoms with van der Waals surface area (Å²) in [7, 11) is 0. The van der Waals surface area contributed by atoms with E-state index < -0.39 is 0 Å². The Morgan fingerprint density at radius 2 is 2.09 bits per heavy atom. The molecular weight excluding hydrogens is 160 g/mol. The standard InChI is InChI=1S/C8H16N2.ClH/c1-2-5-10-6-4-9-7-8(10)3-1;/h8-9H,1-7H2;1H. The third-order valence-corrected chi connectivity index (χ3v) is 2.70.